The summed E-state index contributed by atoms with van der Waals surface area (Å²) >= 11 is 0. The molecule has 0 spiro atoms. The van der Waals surface area contributed by atoms with Gasteiger partial charge in [-0.1, -0.05) is 24.4 Å². The zero-order valence-corrected chi connectivity index (χ0v) is 12.1. The second kappa shape index (κ2) is 5.85. The van der Waals surface area contributed by atoms with Gasteiger partial charge in [-0.2, -0.15) is 0 Å². The van der Waals surface area contributed by atoms with E-state index in [0.717, 1.165) is 19.4 Å². The molecule has 1 heterocycles. The molecule has 2 amide bonds. The van der Waals surface area contributed by atoms with Gasteiger partial charge in [0.15, 0.2) is 5.82 Å². The highest BCUT2D eigenvalue weighted by Gasteiger charge is 2.32. The zero-order chi connectivity index (χ0) is 13.9. The lowest BCUT2D eigenvalue weighted by Crippen LogP contribution is -2.45. The van der Waals surface area contributed by atoms with Crippen molar-refractivity contribution in [1.29, 1.82) is 0 Å². The first-order valence-electron chi connectivity index (χ1n) is 7.73. The van der Waals surface area contributed by atoms with Gasteiger partial charge in [-0.05, 0) is 38.5 Å². The molecule has 110 valence electrons. The van der Waals surface area contributed by atoms with Crippen LogP contribution >= 0.6 is 0 Å². The van der Waals surface area contributed by atoms with Crippen LogP contribution in [0.5, 0.6) is 0 Å². The van der Waals surface area contributed by atoms with E-state index in [4.69, 9.17) is 4.52 Å². The quantitative estimate of drug-likeness (QED) is 0.915. The molecule has 0 unspecified atom stereocenters. The Labute approximate surface area is 119 Å². The van der Waals surface area contributed by atoms with Crippen LogP contribution in [-0.2, 0) is 0 Å². The molecule has 0 aliphatic heterocycles. The third kappa shape index (κ3) is 3.32. The second-order valence-electron chi connectivity index (χ2n) is 6.14. The molecular formula is C15H23N3O2. The number of rotatable bonds is 4. The number of aromatic nitrogens is 1. The highest BCUT2D eigenvalue weighted by atomic mass is 16.5. The number of anilines is 1. The summed E-state index contributed by atoms with van der Waals surface area (Å²) in [6.07, 6.45) is 8.58. The van der Waals surface area contributed by atoms with Crippen molar-refractivity contribution in [2.45, 2.75) is 57.9 Å². The number of hydrogen-bond acceptors (Lipinski definition) is 3. The lowest BCUT2D eigenvalue weighted by molar-refractivity contribution is 0.163. The van der Waals surface area contributed by atoms with Crippen LogP contribution in [0.4, 0.5) is 10.6 Å². The Morgan fingerprint density at radius 2 is 2.10 bits per heavy atom. The van der Waals surface area contributed by atoms with Crippen LogP contribution in [-0.4, -0.2) is 28.7 Å². The predicted molar refractivity (Wildman–Crippen MR) is 76.6 cm³/mol. The molecular weight excluding hydrogens is 254 g/mol. The maximum absolute atomic E-state index is 12.5. The molecule has 2 aliphatic carbocycles. The molecule has 1 aromatic heterocycles. The van der Waals surface area contributed by atoms with E-state index in [1.807, 2.05) is 11.8 Å². The Morgan fingerprint density at radius 3 is 2.70 bits per heavy atom. The molecule has 0 aromatic carbocycles. The first-order valence-corrected chi connectivity index (χ1v) is 7.73. The Hall–Kier alpha value is -1.52. The Balaban J connectivity index is 1.65. The summed E-state index contributed by atoms with van der Waals surface area (Å²) < 4.78 is 5.00. The molecule has 2 saturated carbocycles. The van der Waals surface area contributed by atoms with Crippen LogP contribution in [0.15, 0.2) is 10.6 Å². The molecule has 5 heteroatoms. The van der Waals surface area contributed by atoms with Crippen molar-refractivity contribution >= 4 is 11.8 Å². The maximum Gasteiger partial charge on any atom is 0.323 e. The van der Waals surface area contributed by atoms with Crippen molar-refractivity contribution in [2.24, 2.45) is 5.92 Å². The zero-order valence-electron chi connectivity index (χ0n) is 12.1. The summed E-state index contributed by atoms with van der Waals surface area (Å²) in [6.45, 7) is 2.72. The normalized spacial score (nSPS) is 19.9. The molecule has 3 rings (SSSR count). The van der Waals surface area contributed by atoms with Crippen molar-refractivity contribution in [3.63, 3.8) is 0 Å². The van der Waals surface area contributed by atoms with Gasteiger partial charge in [0.2, 0.25) is 0 Å². The van der Waals surface area contributed by atoms with Gasteiger partial charge >= 0.3 is 6.03 Å². The number of aryl methyl sites for hydroxylation is 1. The number of hydrogen-bond donors (Lipinski definition) is 1. The van der Waals surface area contributed by atoms with Crippen LogP contribution in [0.25, 0.3) is 0 Å². The van der Waals surface area contributed by atoms with Crippen molar-refractivity contribution in [1.82, 2.24) is 10.1 Å². The molecule has 0 radical (unpaired) electrons. The molecule has 0 bridgehead atoms. The molecule has 0 atom stereocenters. The van der Waals surface area contributed by atoms with E-state index < -0.39 is 0 Å². The monoisotopic (exact) mass is 277 g/mol. The summed E-state index contributed by atoms with van der Waals surface area (Å²) in [5.74, 6) is 1.94. The third-order valence-electron chi connectivity index (χ3n) is 4.29. The van der Waals surface area contributed by atoms with Crippen LogP contribution in [0, 0.1) is 12.8 Å². The third-order valence-corrected chi connectivity index (χ3v) is 4.29. The van der Waals surface area contributed by atoms with Crippen molar-refractivity contribution in [3.8, 4) is 0 Å². The largest absolute Gasteiger partial charge is 0.360 e. The first kappa shape index (κ1) is 13.5. The van der Waals surface area contributed by atoms with E-state index in [0.29, 0.717) is 23.5 Å². The van der Waals surface area contributed by atoms with E-state index in [2.05, 4.69) is 10.5 Å². The molecule has 20 heavy (non-hydrogen) atoms. The minimum atomic E-state index is -0.0166. The molecule has 1 N–H and O–H groups in total. The second-order valence-corrected chi connectivity index (χ2v) is 6.14. The van der Waals surface area contributed by atoms with Gasteiger partial charge in [-0.3, -0.25) is 5.32 Å². The van der Waals surface area contributed by atoms with Crippen LogP contribution in [0.2, 0.25) is 0 Å². The Kier molecular flexibility index (Phi) is 3.94. The summed E-state index contributed by atoms with van der Waals surface area (Å²) in [6, 6.07) is 2.14. The SMILES string of the molecule is Cc1cc(NC(=O)N(CC2CC2)C2CCCCC2)no1. The highest BCUT2D eigenvalue weighted by molar-refractivity contribution is 5.88. The van der Waals surface area contributed by atoms with Crippen LogP contribution in [0.1, 0.15) is 50.7 Å². The number of amides is 2. The minimum Gasteiger partial charge on any atom is -0.360 e. The van der Waals surface area contributed by atoms with Crippen LogP contribution in [0.3, 0.4) is 0 Å². The summed E-state index contributed by atoms with van der Waals surface area (Å²) in [4.78, 5) is 14.6. The smallest absolute Gasteiger partial charge is 0.323 e. The van der Waals surface area contributed by atoms with Gasteiger partial charge < -0.3 is 9.42 Å². The average molecular weight is 277 g/mol. The fourth-order valence-corrected chi connectivity index (χ4v) is 2.98. The van der Waals surface area contributed by atoms with Gasteiger partial charge in [0.1, 0.15) is 5.76 Å². The number of nitrogens with one attached hydrogen (secondary N) is 1. The predicted octanol–water partition coefficient (Wildman–Crippen LogP) is 3.56. The first-order chi connectivity index (χ1) is 9.72. The summed E-state index contributed by atoms with van der Waals surface area (Å²) in [5.41, 5.74) is 0. The fraction of sp³-hybridized carbons (Fsp3) is 0.733. The van der Waals surface area contributed by atoms with Gasteiger partial charge in [0, 0.05) is 18.7 Å². The van der Waals surface area contributed by atoms with Gasteiger partial charge in [-0.25, -0.2) is 4.79 Å². The number of urea groups is 1. The van der Waals surface area contributed by atoms with Gasteiger partial charge in [-0.15, -0.1) is 0 Å². The lowest BCUT2D eigenvalue weighted by atomic mass is 9.94. The van der Waals surface area contributed by atoms with Crippen molar-refractivity contribution in [3.05, 3.63) is 11.8 Å². The summed E-state index contributed by atoms with van der Waals surface area (Å²) in [5, 5.41) is 6.72. The average Bonchev–Trinajstić information content (AvgIpc) is 3.19. The van der Waals surface area contributed by atoms with E-state index in [1.54, 1.807) is 6.07 Å². The van der Waals surface area contributed by atoms with E-state index in [9.17, 15) is 4.79 Å². The van der Waals surface area contributed by atoms with Crippen molar-refractivity contribution < 1.29 is 9.32 Å². The van der Waals surface area contributed by atoms with Gasteiger partial charge in [0.25, 0.3) is 0 Å². The molecule has 2 aliphatic rings. The number of nitrogens with zero attached hydrogens (tertiary/aromatic N) is 2. The molecule has 1 aromatic rings. The number of carbonyl (C=O) groups is 1. The Morgan fingerprint density at radius 1 is 1.35 bits per heavy atom. The van der Waals surface area contributed by atoms with E-state index in [-0.39, 0.29) is 6.03 Å². The van der Waals surface area contributed by atoms with E-state index >= 15 is 0 Å². The fourth-order valence-electron chi connectivity index (χ4n) is 2.98. The maximum atomic E-state index is 12.5. The summed E-state index contributed by atoms with van der Waals surface area (Å²) in [7, 11) is 0. The Bertz CT molecular complexity index is 461. The standard InChI is InChI=1S/C15H23N3O2/c1-11-9-14(17-20-11)16-15(19)18(10-12-7-8-12)13-5-3-2-4-6-13/h9,12-13H,2-8,10H2,1H3,(H,16,17,19). The molecule has 5 nitrogen and oxygen atoms in total. The van der Waals surface area contributed by atoms with E-state index in [1.165, 1.54) is 32.1 Å². The topological polar surface area (TPSA) is 58.4 Å². The van der Waals surface area contributed by atoms with Gasteiger partial charge in [0.05, 0.1) is 0 Å². The molecule has 0 saturated heterocycles. The highest BCUT2D eigenvalue weighted by Crippen LogP contribution is 2.32. The van der Waals surface area contributed by atoms with Crippen molar-refractivity contribution in [2.75, 3.05) is 11.9 Å². The van der Waals surface area contributed by atoms with Crippen LogP contribution < -0.4 is 5.32 Å². The molecule has 2 fully saturated rings. The minimum absolute atomic E-state index is 0.0166. The number of carbonyl (C=O) groups excluding carboxylic acids is 1. The lowest BCUT2D eigenvalue weighted by Gasteiger charge is -2.34.